The van der Waals surface area contributed by atoms with Crippen LogP contribution in [-0.2, 0) is 9.53 Å². The van der Waals surface area contributed by atoms with E-state index in [9.17, 15) is 14.0 Å². The predicted molar refractivity (Wildman–Crippen MR) is 69.7 cm³/mol. The van der Waals surface area contributed by atoms with Crippen LogP contribution < -0.4 is 5.56 Å². The van der Waals surface area contributed by atoms with Crippen LogP contribution in [0.4, 0.5) is 4.39 Å². The third-order valence-electron chi connectivity index (χ3n) is 3.21. The average Bonchev–Trinajstić information content (AvgIpc) is 2.40. The highest BCUT2D eigenvalue weighted by molar-refractivity contribution is 5.90. The van der Waals surface area contributed by atoms with Crippen molar-refractivity contribution in [2.75, 3.05) is 7.11 Å². The van der Waals surface area contributed by atoms with Crippen LogP contribution in [0.2, 0.25) is 0 Å². The number of nitrogens with one attached hydrogen (secondary N) is 1. The van der Waals surface area contributed by atoms with Gasteiger partial charge in [0.25, 0.3) is 0 Å². The van der Waals surface area contributed by atoms with Crippen LogP contribution in [0.15, 0.2) is 23.0 Å². The number of carbonyl (C=O) groups excluding carboxylic acids is 1. The van der Waals surface area contributed by atoms with Crippen LogP contribution in [0.5, 0.6) is 0 Å². The Balaban J connectivity index is 2.84. The van der Waals surface area contributed by atoms with Gasteiger partial charge in [-0.15, -0.1) is 0 Å². The van der Waals surface area contributed by atoms with Crippen molar-refractivity contribution in [1.82, 2.24) is 4.98 Å². The smallest absolute Gasteiger partial charge is 0.312 e. The number of hydrogen-bond acceptors (Lipinski definition) is 3. The van der Waals surface area contributed by atoms with E-state index in [1.54, 1.807) is 19.9 Å². The zero-order valence-corrected chi connectivity index (χ0v) is 10.9. The Bertz CT molecular complexity index is 706. The van der Waals surface area contributed by atoms with E-state index in [-0.39, 0.29) is 10.9 Å². The highest BCUT2D eigenvalue weighted by Crippen LogP contribution is 2.27. The molecule has 0 fully saturated rings. The van der Waals surface area contributed by atoms with Gasteiger partial charge in [-0.1, -0.05) is 6.07 Å². The fraction of sp³-hybridized carbons (Fsp3) is 0.286. The quantitative estimate of drug-likeness (QED) is 0.845. The van der Waals surface area contributed by atoms with Gasteiger partial charge in [0.05, 0.1) is 18.5 Å². The number of esters is 1. The fourth-order valence-corrected chi connectivity index (χ4v) is 2.14. The van der Waals surface area contributed by atoms with Crippen LogP contribution in [0.3, 0.4) is 0 Å². The first kappa shape index (κ1) is 13.3. The van der Waals surface area contributed by atoms with Crippen molar-refractivity contribution < 1.29 is 13.9 Å². The van der Waals surface area contributed by atoms with Crippen LogP contribution in [0, 0.1) is 12.7 Å². The molecular formula is C14H14FNO3. The molecule has 1 aromatic heterocycles. The number of pyridine rings is 1. The van der Waals surface area contributed by atoms with Crippen LogP contribution in [0.1, 0.15) is 24.0 Å². The fourth-order valence-electron chi connectivity index (χ4n) is 2.14. The van der Waals surface area contributed by atoms with Crippen LogP contribution in [-0.4, -0.2) is 18.1 Å². The van der Waals surface area contributed by atoms with Gasteiger partial charge in [-0.2, -0.15) is 0 Å². The molecule has 1 aromatic carbocycles. The molecule has 1 N–H and O–H groups in total. The highest BCUT2D eigenvalue weighted by Gasteiger charge is 2.21. The van der Waals surface area contributed by atoms with E-state index >= 15 is 0 Å². The number of aromatic amines is 1. The van der Waals surface area contributed by atoms with Gasteiger partial charge in [0.15, 0.2) is 0 Å². The molecule has 2 aromatic rings. The molecule has 0 spiro atoms. The van der Waals surface area contributed by atoms with Crippen LogP contribution >= 0.6 is 0 Å². The van der Waals surface area contributed by atoms with E-state index in [1.807, 2.05) is 0 Å². The zero-order chi connectivity index (χ0) is 14.2. The van der Waals surface area contributed by atoms with Crippen molar-refractivity contribution in [3.05, 3.63) is 45.5 Å². The second-order valence-corrected chi connectivity index (χ2v) is 4.45. The zero-order valence-electron chi connectivity index (χ0n) is 10.9. The molecule has 0 bridgehead atoms. The summed E-state index contributed by atoms with van der Waals surface area (Å²) in [6.45, 7) is 3.35. The molecule has 5 heteroatoms. The average molecular weight is 263 g/mol. The normalized spacial score (nSPS) is 12.4. The van der Waals surface area contributed by atoms with E-state index in [1.165, 1.54) is 19.2 Å². The van der Waals surface area contributed by atoms with E-state index in [2.05, 4.69) is 9.72 Å². The lowest BCUT2D eigenvalue weighted by molar-refractivity contribution is -0.141. The number of methoxy groups -OCH3 is 1. The third kappa shape index (κ3) is 2.23. The second-order valence-electron chi connectivity index (χ2n) is 4.45. The van der Waals surface area contributed by atoms with Crippen molar-refractivity contribution in [2.24, 2.45) is 0 Å². The van der Waals surface area contributed by atoms with Gasteiger partial charge in [-0.3, -0.25) is 9.59 Å². The molecule has 0 radical (unpaired) electrons. The summed E-state index contributed by atoms with van der Waals surface area (Å²) in [5.41, 5.74) is 1.13. The van der Waals surface area contributed by atoms with Crippen molar-refractivity contribution in [3.63, 3.8) is 0 Å². The van der Waals surface area contributed by atoms with Crippen molar-refractivity contribution in [2.45, 2.75) is 19.8 Å². The van der Waals surface area contributed by atoms with Crippen molar-refractivity contribution >= 4 is 16.9 Å². The Labute approximate surface area is 109 Å². The minimum Gasteiger partial charge on any atom is -0.469 e. The van der Waals surface area contributed by atoms with Gasteiger partial charge in [-0.25, -0.2) is 4.39 Å². The molecule has 100 valence electrons. The van der Waals surface area contributed by atoms with Gasteiger partial charge >= 0.3 is 5.97 Å². The number of ether oxygens (including phenoxy) is 1. The molecule has 2 rings (SSSR count). The highest BCUT2D eigenvalue weighted by atomic mass is 19.1. The Kier molecular flexibility index (Phi) is 3.38. The first-order valence-electron chi connectivity index (χ1n) is 5.85. The lowest BCUT2D eigenvalue weighted by Gasteiger charge is -2.13. The Morgan fingerprint density at radius 2 is 2.11 bits per heavy atom. The maximum absolute atomic E-state index is 14.0. The van der Waals surface area contributed by atoms with Crippen molar-refractivity contribution in [3.8, 4) is 0 Å². The van der Waals surface area contributed by atoms with Gasteiger partial charge in [0.2, 0.25) is 5.56 Å². The largest absolute Gasteiger partial charge is 0.469 e. The number of H-pyrrole nitrogens is 1. The molecule has 0 aliphatic rings. The molecule has 1 atom stereocenters. The van der Waals surface area contributed by atoms with Gasteiger partial charge < -0.3 is 9.72 Å². The SMILES string of the molecule is COC(=O)C(C)c1cc(=O)[nH]c2c(C)ccc(F)c12. The summed E-state index contributed by atoms with van der Waals surface area (Å²) in [5.74, 6) is -1.68. The lowest BCUT2D eigenvalue weighted by atomic mass is 9.95. The molecular weight excluding hydrogens is 249 g/mol. The monoisotopic (exact) mass is 263 g/mol. The van der Waals surface area contributed by atoms with Crippen molar-refractivity contribution in [1.29, 1.82) is 0 Å². The molecule has 1 unspecified atom stereocenters. The minimum absolute atomic E-state index is 0.262. The summed E-state index contributed by atoms with van der Waals surface area (Å²) in [6, 6.07) is 4.15. The summed E-state index contributed by atoms with van der Waals surface area (Å²) in [4.78, 5) is 25.9. The van der Waals surface area contributed by atoms with E-state index in [0.717, 1.165) is 5.56 Å². The van der Waals surface area contributed by atoms with Crippen LogP contribution in [0.25, 0.3) is 10.9 Å². The summed E-state index contributed by atoms with van der Waals surface area (Å²) in [6.07, 6.45) is 0. The van der Waals surface area contributed by atoms with E-state index < -0.39 is 17.7 Å². The van der Waals surface area contributed by atoms with Gasteiger partial charge in [-0.05, 0) is 31.0 Å². The molecule has 0 aliphatic carbocycles. The number of halogens is 1. The maximum atomic E-state index is 14.0. The molecule has 4 nitrogen and oxygen atoms in total. The summed E-state index contributed by atoms with van der Waals surface area (Å²) in [5, 5.41) is 0.262. The lowest BCUT2D eigenvalue weighted by Crippen LogP contribution is -2.16. The number of fused-ring (bicyclic) bond motifs is 1. The second kappa shape index (κ2) is 4.84. The Morgan fingerprint density at radius 1 is 1.42 bits per heavy atom. The third-order valence-corrected chi connectivity index (χ3v) is 3.21. The number of benzene rings is 1. The molecule has 1 heterocycles. The number of aromatic nitrogens is 1. The molecule has 0 aliphatic heterocycles. The number of hydrogen-bond donors (Lipinski definition) is 1. The molecule has 0 saturated carbocycles. The summed E-state index contributed by atoms with van der Waals surface area (Å²) >= 11 is 0. The van der Waals surface area contributed by atoms with E-state index in [4.69, 9.17) is 0 Å². The molecule has 0 saturated heterocycles. The predicted octanol–water partition coefficient (Wildman–Crippen LogP) is 2.25. The van der Waals surface area contributed by atoms with E-state index in [0.29, 0.717) is 11.1 Å². The maximum Gasteiger partial charge on any atom is 0.312 e. The number of aryl methyl sites for hydroxylation is 1. The first-order chi connectivity index (χ1) is 8.95. The summed E-state index contributed by atoms with van der Waals surface area (Å²) < 4.78 is 18.7. The first-order valence-corrected chi connectivity index (χ1v) is 5.85. The minimum atomic E-state index is -0.703. The number of rotatable bonds is 2. The Hall–Kier alpha value is -2.17. The summed E-state index contributed by atoms with van der Waals surface area (Å²) in [7, 11) is 1.26. The molecule has 0 amide bonds. The number of carbonyl (C=O) groups is 1. The van der Waals surface area contributed by atoms with Gasteiger partial charge in [0, 0.05) is 11.5 Å². The molecule has 19 heavy (non-hydrogen) atoms. The standard InChI is InChI=1S/C14H14FNO3/c1-7-4-5-10(15)12-9(8(2)14(18)19-3)6-11(17)16-13(7)12/h4-6,8H,1-3H3,(H,16,17). The Morgan fingerprint density at radius 3 is 2.74 bits per heavy atom. The van der Waals surface area contributed by atoms with Gasteiger partial charge in [0.1, 0.15) is 5.82 Å². The topological polar surface area (TPSA) is 59.2 Å².